The van der Waals surface area contributed by atoms with E-state index in [2.05, 4.69) is 20.0 Å². The summed E-state index contributed by atoms with van der Waals surface area (Å²) in [6, 6.07) is 16.9. The van der Waals surface area contributed by atoms with Gasteiger partial charge in [0.25, 0.3) is 0 Å². The molecule has 5 rings (SSSR count). The van der Waals surface area contributed by atoms with Crippen molar-refractivity contribution in [2.24, 2.45) is 5.92 Å². The number of nitrogens with one attached hydrogen (secondary N) is 1. The molecule has 0 fully saturated rings. The van der Waals surface area contributed by atoms with E-state index in [-0.39, 0.29) is 36.9 Å². The maximum absolute atomic E-state index is 13.8. The molecule has 0 spiro atoms. The van der Waals surface area contributed by atoms with E-state index in [1.807, 2.05) is 53.1 Å². The summed E-state index contributed by atoms with van der Waals surface area (Å²) in [5, 5.41) is 2.73. The topological polar surface area (TPSA) is 169 Å². The molecule has 0 saturated heterocycles. The number of rotatable bonds is 11. The van der Waals surface area contributed by atoms with Crippen LogP contribution in [0.25, 0.3) is 11.2 Å². The van der Waals surface area contributed by atoms with Crippen LogP contribution >= 0.6 is 7.75 Å². The zero-order valence-corrected chi connectivity index (χ0v) is 22.7. The molecule has 2 aromatic heterocycles. The summed E-state index contributed by atoms with van der Waals surface area (Å²) < 4.78 is 32.7. The summed E-state index contributed by atoms with van der Waals surface area (Å²) in [5.74, 6) is -0.0750. The fraction of sp³-hybridized carbons (Fsp3) is 0.259. The molecule has 1 unspecified atom stereocenters. The predicted molar refractivity (Wildman–Crippen MR) is 150 cm³/mol. The normalized spacial score (nSPS) is 18.8. The number of fused-ring (bicyclic) bond motifs is 1. The molecule has 4 atom stereocenters. The lowest BCUT2D eigenvalue weighted by atomic mass is 10.1. The third-order valence-corrected chi connectivity index (χ3v) is 7.97. The predicted octanol–water partition coefficient (Wildman–Crippen LogP) is 4.03. The largest absolute Gasteiger partial charge is 0.460 e. The maximum atomic E-state index is 13.8. The monoisotopic (exact) mass is 563 g/mol. The highest BCUT2D eigenvalue weighted by molar-refractivity contribution is 7.52. The number of anilines is 2. The molecule has 0 saturated carbocycles. The smallest absolute Gasteiger partial charge is 0.459 e. The van der Waals surface area contributed by atoms with Gasteiger partial charge in [0.05, 0.1) is 19.0 Å². The number of benzene rings is 2. The first-order valence-electron chi connectivity index (χ1n) is 12.7. The fourth-order valence-electron chi connectivity index (χ4n) is 4.33. The Balaban J connectivity index is 1.24. The van der Waals surface area contributed by atoms with E-state index in [0.717, 1.165) is 5.56 Å². The van der Waals surface area contributed by atoms with Crippen molar-refractivity contribution in [2.75, 3.05) is 18.1 Å². The average Bonchev–Trinajstić information content (AvgIpc) is 3.59. The van der Waals surface area contributed by atoms with Crippen molar-refractivity contribution in [2.45, 2.75) is 32.0 Å². The van der Waals surface area contributed by atoms with Crippen molar-refractivity contribution in [1.29, 1.82) is 0 Å². The van der Waals surface area contributed by atoms with Crippen LogP contribution in [0.5, 0.6) is 5.75 Å². The molecule has 0 aliphatic heterocycles. The zero-order chi connectivity index (χ0) is 28.1. The van der Waals surface area contributed by atoms with E-state index in [4.69, 9.17) is 25.3 Å². The molecule has 1 aliphatic carbocycles. The molecule has 13 heteroatoms. The summed E-state index contributed by atoms with van der Waals surface area (Å²) in [6.07, 6.45) is 6.22. The third-order valence-electron chi connectivity index (χ3n) is 6.33. The Hall–Kier alpha value is -4.25. The minimum Gasteiger partial charge on any atom is -0.460 e. The van der Waals surface area contributed by atoms with Crippen molar-refractivity contribution in [3.63, 3.8) is 0 Å². The van der Waals surface area contributed by atoms with Crippen LogP contribution in [-0.2, 0) is 25.2 Å². The number of aromatic nitrogens is 4. The van der Waals surface area contributed by atoms with E-state index in [1.54, 1.807) is 37.5 Å². The first-order valence-corrected chi connectivity index (χ1v) is 14.3. The molecule has 2 aromatic carbocycles. The number of imidazole rings is 1. The number of carbonyl (C=O) groups excluding carboxylic acids is 1. The van der Waals surface area contributed by atoms with Crippen LogP contribution in [0.4, 0.5) is 11.8 Å². The van der Waals surface area contributed by atoms with Crippen molar-refractivity contribution >= 4 is 36.6 Å². The number of hydrogen-bond donors (Lipinski definition) is 3. The number of esters is 1. The maximum Gasteiger partial charge on any atom is 0.459 e. The molecule has 208 valence electrons. The fourth-order valence-corrected chi connectivity index (χ4v) is 5.88. The molecular formula is C27H30N7O5P. The van der Waals surface area contributed by atoms with Crippen molar-refractivity contribution in [1.82, 2.24) is 24.6 Å². The van der Waals surface area contributed by atoms with Crippen LogP contribution in [0.15, 0.2) is 79.1 Å². The van der Waals surface area contributed by atoms with Crippen LogP contribution in [-0.4, -0.2) is 38.1 Å². The lowest BCUT2D eigenvalue weighted by Crippen LogP contribution is -2.35. The third kappa shape index (κ3) is 6.48. The second kappa shape index (κ2) is 11.9. The van der Waals surface area contributed by atoms with Crippen LogP contribution in [0.2, 0.25) is 0 Å². The van der Waals surface area contributed by atoms with Gasteiger partial charge in [-0.05, 0) is 31.0 Å². The molecule has 0 amide bonds. The van der Waals surface area contributed by atoms with E-state index in [9.17, 15) is 9.36 Å². The first kappa shape index (κ1) is 27.3. The highest BCUT2D eigenvalue weighted by Crippen LogP contribution is 2.46. The molecule has 5 N–H and O–H groups in total. The van der Waals surface area contributed by atoms with Gasteiger partial charge in [-0.15, -0.1) is 0 Å². The second-order valence-corrected chi connectivity index (χ2v) is 11.1. The number of hydrogen-bond acceptors (Lipinski definition) is 10. The number of nitrogen functional groups attached to an aromatic ring is 2. The molecule has 4 aromatic rings. The lowest BCUT2D eigenvalue weighted by Gasteiger charge is -2.24. The Bertz CT molecular complexity index is 1550. The Morgan fingerprint density at radius 1 is 1.10 bits per heavy atom. The molecule has 0 bridgehead atoms. The van der Waals surface area contributed by atoms with Gasteiger partial charge in [-0.25, -0.2) is 9.55 Å². The average molecular weight is 564 g/mol. The molecule has 2 heterocycles. The Kier molecular flexibility index (Phi) is 8.11. The molecule has 12 nitrogen and oxygen atoms in total. The van der Waals surface area contributed by atoms with Crippen molar-refractivity contribution in [3.8, 4) is 5.75 Å². The molecule has 0 radical (unpaired) electrons. The van der Waals surface area contributed by atoms with Gasteiger partial charge < -0.3 is 25.3 Å². The summed E-state index contributed by atoms with van der Waals surface area (Å²) in [4.78, 5) is 25.2. The standard InChI is InChI=1S/C27H30N7O5P/c1-18(26(35)37-15-19-8-4-2-5-9-19)33-40(36,39-22-10-6-3-7-11-22)38-16-20-12-13-21(14-20)34-17-30-23-24(28)31-27(29)32-25(23)34/h2-13,17-18,20-21H,14-16H2,1H3,(H,33,36)(H4,28,29,31,32)/t18-,20+,21-,40?/m0/s1. The summed E-state index contributed by atoms with van der Waals surface area (Å²) in [7, 11) is -3.99. The van der Waals surface area contributed by atoms with Gasteiger partial charge in [0.15, 0.2) is 11.5 Å². The Morgan fingerprint density at radius 3 is 2.58 bits per heavy atom. The highest BCUT2D eigenvalue weighted by atomic mass is 31.2. The number of nitrogens with two attached hydrogens (primary N) is 2. The summed E-state index contributed by atoms with van der Waals surface area (Å²) in [5.41, 5.74) is 13.6. The van der Waals surface area contributed by atoms with Gasteiger partial charge in [-0.3, -0.25) is 9.32 Å². The number of carbonyl (C=O) groups is 1. The minimum atomic E-state index is -3.99. The van der Waals surface area contributed by atoms with Gasteiger partial charge in [0.1, 0.15) is 23.9 Å². The quantitative estimate of drug-likeness (QED) is 0.137. The number of nitrogens with zero attached hydrogens (tertiary/aromatic N) is 4. The van der Waals surface area contributed by atoms with Crippen LogP contribution < -0.4 is 21.1 Å². The van der Waals surface area contributed by atoms with Crippen LogP contribution in [0.3, 0.4) is 0 Å². The van der Waals surface area contributed by atoms with Crippen molar-refractivity contribution in [3.05, 3.63) is 84.7 Å². The lowest BCUT2D eigenvalue weighted by molar-refractivity contribution is -0.146. The first-order chi connectivity index (χ1) is 19.3. The Labute approximate surface area is 231 Å². The molecule has 40 heavy (non-hydrogen) atoms. The SMILES string of the molecule is C[C@H](NP(=O)(OC[C@@H]1C=C[C@H](n2cnc3c(N)nc(N)nc32)C1)Oc1ccccc1)C(=O)OCc1ccccc1. The highest BCUT2D eigenvalue weighted by Gasteiger charge is 2.34. The van der Waals surface area contributed by atoms with E-state index in [1.165, 1.54) is 0 Å². The molecule has 1 aliphatic rings. The Morgan fingerprint density at radius 2 is 1.82 bits per heavy atom. The zero-order valence-electron chi connectivity index (χ0n) is 21.8. The van der Waals surface area contributed by atoms with E-state index < -0.39 is 19.8 Å². The van der Waals surface area contributed by atoms with Gasteiger partial charge >= 0.3 is 13.7 Å². The van der Waals surface area contributed by atoms with Crippen molar-refractivity contribution < 1.29 is 23.1 Å². The van der Waals surface area contributed by atoms with E-state index >= 15 is 0 Å². The minimum absolute atomic E-state index is 0.0649. The summed E-state index contributed by atoms with van der Waals surface area (Å²) >= 11 is 0. The number of allylic oxidation sites excluding steroid dienone is 1. The van der Waals surface area contributed by atoms with E-state index in [0.29, 0.717) is 23.3 Å². The summed E-state index contributed by atoms with van der Waals surface area (Å²) in [6.45, 7) is 1.71. The van der Waals surface area contributed by atoms with Gasteiger partial charge in [-0.1, -0.05) is 60.7 Å². The van der Waals surface area contributed by atoms with Gasteiger partial charge in [0.2, 0.25) is 5.95 Å². The second-order valence-electron chi connectivity index (χ2n) is 9.38. The number of ether oxygens (including phenoxy) is 1. The van der Waals surface area contributed by atoms with Gasteiger partial charge in [0, 0.05) is 5.92 Å². The van der Waals surface area contributed by atoms with Crippen LogP contribution in [0, 0.1) is 5.92 Å². The molecular weight excluding hydrogens is 533 g/mol. The van der Waals surface area contributed by atoms with Gasteiger partial charge in [-0.2, -0.15) is 15.1 Å². The number of para-hydroxylation sites is 1. The van der Waals surface area contributed by atoms with Crippen LogP contribution in [0.1, 0.15) is 24.9 Å².